The first-order chi connectivity index (χ1) is 7.66. The minimum absolute atomic E-state index is 0.000347. The fraction of sp³-hybridized carbons (Fsp3) is 0.636. The summed E-state index contributed by atoms with van der Waals surface area (Å²) < 4.78 is 30.4. The molecule has 1 aromatic heterocycles. The highest BCUT2D eigenvalue weighted by Crippen LogP contribution is 2.42. The molecule has 1 heterocycles. The van der Waals surface area contributed by atoms with Crippen LogP contribution in [0.5, 0.6) is 0 Å². The molecule has 0 aromatic carbocycles. The molecular formula is C11H18N2O3S. The van der Waals surface area contributed by atoms with Crippen LogP contribution < -0.4 is 9.86 Å². The van der Waals surface area contributed by atoms with Crippen molar-refractivity contribution in [2.45, 2.75) is 39.7 Å². The Hall–Kier alpha value is -0.850. The molecule has 0 unspecified atom stereocenters. The Bertz CT molecular complexity index is 531. The minimum atomic E-state index is -3.70. The van der Waals surface area contributed by atoms with Crippen LogP contribution in [0.3, 0.4) is 0 Å². The van der Waals surface area contributed by atoms with Crippen LogP contribution in [0.1, 0.15) is 43.4 Å². The molecule has 1 aliphatic carbocycles. The first-order valence-electron chi connectivity index (χ1n) is 5.56. The molecule has 0 saturated heterocycles. The lowest BCUT2D eigenvalue weighted by molar-refractivity contribution is 0.247. The van der Waals surface area contributed by atoms with Gasteiger partial charge in [-0.25, -0.2) is 5.14 Å². The molecule has 0 aliphatic heterocycles. The van der Waals surface area contributed by atoms with Gasteiger partial charge in [0.25, 0.3) is 10.2 Å². The van der Waals surface area contributed by atoms with Crippen molar-refractivity contribution < 1.29 is 12.8 Å². The summed E-state index contributed by atoms with van der Waals surface area (Å²) in [4.78, 5) is 0. The van der Waals surface area contributed by atoms with E-state index in [1.165, 1.54) is 0 Å². The number of hydrogen-bond acceptors (Lipinski definition) is 3. The molecule has 0 radical (unpaired) electrons. The van der Waals surface area contributed by atoms with Crippen LogP contribution in [0.15, 0.2) is 10.5 Å². The van der Waals surface area contributed by atoms with Crippen molar-refractivity contribution >= 4 is 10.2 Å². The standard InChI is InChI=1S/C11H18N2O3S/c1-7-4-8-9(13-17(12,14)15)5-11(2,3)6-10(8)16-7/h4,9,13H,5-6H2,1-3H3,(H2,12,14,15)/t9-/m0/s1. The monoisotopic (exact) mass is 258 g/mol. The van der Waals surface area contributed by atoms with Gasteiger partial charge in [-0.05, 0) is 24.8 Å². The molecule has 0 bridgehead atoms. The Morgan fingerprint density at radius 2 is 2.18 bits per heavy atom. The molecule has 5 nitrogen and oxygen atoms in total. The first kappa shape index (κ1) is 12.6. The largest absolute Gasteiger partial charge is 0.466 e. The summed E-state index contributed by atoms with van der Waals surface area (Å²) in [6, 6.07) is 1.59. The first-order valence-corrected chi connectivity index (χ1v) is 7.10. The SMILES string of the molecule is Cc1cc2c(o1)CC(C)(C)C[C@@H]2NS(N)(=O)=O. The smallest absolute Gasteiger partial charge is 0.274 e. The van der Waals surface area contributed by atoms with Crippen molar-refractivity contribution in [3.8, 4) is 0 Å². The number of fused-ring (bicyclic) bond motifs is 1. The molecule has 1 aromatic rings. The van der Waals surface area contributed by atoms with Crippen LogP contribution in [-0.2, 0) is 16.6 Å². The summed E-state index contributed by atoms with van der Waals surface area (Å²) >= 11 is 0. The van der Waals surface area contributed by atoms with Crippen molar-refractivity contribution in [1.82, 2.24) is 4.72 Å². The van der Waals surface area contributed by atoms with E-state index < -0.39 is 10.2 Å². The van der Waals surface area contributed by atoms with Gasteiger partial charge in [0, 0.05) is 12.0 Å². The second-order valence-corrected chi connectivity index (χ2v) is 6.82. The molecule has 1 atom stereocenters. The maximum Gasteiger partial charge on any atom is 0.274 e. The topological polar surface area (TPSA) is 85.3 Å². The number of hydrogen-bond donors (Lipinski definition) is 2. The third-order valence-corrected chi connectivity index (χ3v) is 3.66. The predicted molar refractivity (Wildman–Crippen MR) is 64.5 cm³/mol. The molecule has 3 N–H and O–H groups in total. The molecule has 96 valence electrons. The number of nitrogens with two attached hydrogens (primary N) is 1. The van der Waals surface area contributed by atoms with Gasteiger partial charge in [0.05, 0.1) is 6.04 Å². The third kappa shape index (κ3) is 2.88. The van der Waals surface area contributed by atoms with E-state index in [1.807, 2.05) is 13.0 Å². The van der Waals surface area contributed by atoms with Gasteiger partial charge >= 0.3 is 0 Å². The van der Waals surface area contributed by atoms with E-state index in [4.69, 9.17) is 9.56 Å². The van der Waals surface area contributed by atoms with Crippen LogP contribution >= 0.6 is 0 Å². The lowest BCUT2D eigenvalue weighted by Crippen LogP contribution is -2.39. The molecule has 1 aliphatic rings. The molecule has 17 heavy (non-hydrogen) atoms. The minimum Gasteiger partial charge on any atom is -0.466 e. The quantitative estimate of drug-likeness (QED) is 0.840. The van der Waals surface area contributed by atoms with Crippen molar-refractivity contribution in [3.05, 3.63) is 23.2 Å². The van der Waals surface area contributed by atoms with Gasteiger partial charge in [-0.3, -0.25) is 0 Å². The predicted octanol–water partition coefficient (Wildman–Crippen LogP) is 1.39. The summed E-state index contributed by atoms with van der Waals surface area (Å²) in [5, 5.41) is 5.05. The van der Waals surface area contributed by atoms with E-state index in [9.17, 15) is 8.42 Å². The Morgan fingerprint density at radius 3 is 2.76 bits per heavy atom. The molecule has 6 heteroatoms. The van der Waals surface area contributed by atoms with Crippen molar-refractivity contribution in [2.24, 2.45) is 10.6 Å². The van der Waals surface area contributed by atoms with Crippen LogP contribution in [-0.4, -0.2) is 8.42 Å². The van der Waals surface area contributed by atoms with E-state index >= 15 is 0 Å². The van der Waals surface area contributed by atoms with E-state index in [0.29, 0.717) is 0 Å². The Labute approximate surface area is 102 Å². The van der Waals surface area contributed by atoms with Crippen LogP contribution in [0.2, 0.25) is 0 Å². The van der Waals surface area contributed by atoms with Crippen LogP contribution in [0.25, 0.3) is 0 Å². The number of nitrogens with one attached hydrogen (secondary N) is 1. The summed E-state index contributed by atoms with van der Waals surface area (Å²) in [6.07, 6.45) is 1.54. The number of rotatable bonds is 2. The van der Waals surface area contributed by atoms with E-state index in [1.54, 1.807) is 0 Å². The van der Waals surface area contributed by atoms with Gasteiger partial charge in [0.2, 0.25) is 0 Å². The lowest BCUT2D eigenvalue weighted by atomic mass is 9.75. The summed E-state index contributed by atoms with van der Waals surface area (Å²) in [7, 11) is -3.70. The zero-order valence-electron chi connectivity index (χ0n) is 10.3. The van der Waals surface area contributed by atoms with Crippen molar-refractivity contribution in [2.75, 3.05) is 0 Å². The molecule has 0 fully saturated rings. The second kappa shape index (κ2) is 3.83. The summed E-state index contributed by atoms with van der Waals surface area (Å²) in [5.74, 6) is 1.66. The fourth-order valence-corrected chi connectivity index (χ4v) is 3.09. The average Bonchev–Trinajstić information content (AvgIpc) is 2.40. The van der Waals surface area contributed by atoms with E-state index in [2.05, 4.69) is 18.6 Å². The lowest BCUT2D eigenvalue weighted by Gasteiger charge is -2.34. The van der Waals surface area contributed by atoms with Crippen LogP contribution in [0, 0.1) is 12.3 Å². The Balaban J connectivity index is 2.39. The highest BCUT2D eigenvalue weighted by Gasteiger charge is 2.36. The number of aryl methyl sites for hydroxylation is 1. The third-order valence-electron chi connectivity index (χ3n) is 3.04. The molecule has 0 spiro atoms. The highest BCUT2D eigenvalue weighted by molar-refractivity contribution is 7.87. The van der Waals surface area contributed by atoms with Gasteiger partial charge in [-0.1, -0.05) is 13.8 Å². The van der Waals surface area contributed by atoms with E-state index in [0.717, 1.165) is 29.9 Å². The van der Waals surface area contributed by atoms with Gasteiger partial charge in [-0.15, -0.1) is 0 Å². The molecule has 2 rings (SSSR count). The second-order valence-electron chi connectivity index (χ2n) is 5.50. The van der Waals surface area contributed by atoms with Gasteiger partial charge < -0.3 is 4.42 Å². The highest BCUT2D eigenvalue weighted by atomic mass is 32.2. The maximum atomic E-state index is 11.2. The summed E-state index contributed by atoms with van der Waals surface area (Å²) in [5.41, 5.74) is 0.912. The van der Waals surface area contributed by atoms with Crippen LogP contribution in [0.4, 0.5) is 0 Å². The van der Waals surface area contributed by atoms with Crippen molar-refractivity contribution in [3.63, 3.8) is 0 Å². The molecule has 0 saturated carbocycles. The molecular weight excluding hydrogens is 240 g/mol. The Morgan fingerprint density at radius 1 is 1.53 bits per heavy atom. The summed E-state index contributed by atoms with van der Waals surface area (Å²) in [6.45, 7) is 6.04. The fourth-order valence-electron chi connectivity index (χ4n) is 2.49. The van der Waals surface area contributed by atoms with E-state index in [-0.39, 0.29) is 11.5 Å². The van der Waals surface area contributed by atoms with Gasteiger partial charge in [0.1, 0.15) is 11.5 Å². The van der Waals surface area contributed by atoms with Gasteiger partial charge in [-0.2, -0.15) is 13.1 Å². The average molecular weight is 258 g/mol. The number of furan rings is 1. The Kier molecular flexibility index (Phi) is 2.84. The maximum absolute atomic E-state index is 11.2. The zero-order valence-corrected chi connectivity index (χ0v) is 11.1. The van der Waals surface area contributed by atoms with Crippen molar-refractivity contribution in [1.29, 1.82) is 0 Å². The normalized spacial score (nSPS) is 23.4. The zero-order chi connectivity index (χ0) is 12.8. The van der Waals surface area contributed by atoms with Gasteiger partial charge in [0.15, 0.2) is 0 Å². The molecule has 0 amide bonds.